The monoisotopic (exact) mass is 432 g/mol. The zero-order valence-corrected chi connectivity index (χ0v) is 17.7. The van der Waals surface area contributed by atoms with Crippen molar-refractivity contribution in [2.24, 2.45) is 0 Å². The molecule has 0 saturated heterocycles. The van der Waals surface area contributed by atoms with Gasteiger partial charge in [0, 0.05) is 0 Å². The SMILES string of the molecule is C=CCCCOc1ccc(C(=O)Oc2ccc(OC(=O)c3ccc(O)cc3)c(C)c2)cc1. The molecule has 164 valence electrons. The van der Waals surface area contributed by atoms with Crippen molar-refractivity contribution in [2.45, 2.75) is 19.8 Å². The maximum atomic E-state index is 12.4. The molecule has 6 nitrogen and oxygen atoms in total. The van der Waals surface area contributed by atoms with Crippen LogP contribution in [0.5, 0.6) is 23.0 Å². The number of carbonyl (C=O) groups excluding carboxylic acids is 2. The molecule has 3 rings (SSSR count). The van der Waals surface area contributed by atoms with E-state index in [-0.39, 0.29) is 5.75 Å². The van der Waals surface area contributed by atoms with Gasteiger partial charge in [0.25, 0.3) is 0 Å². The lowest BCUT2D eigenvalue weighted by atomic mass is 10.2. The van der Waals surface area contributed by atoms with Crippen LogP contribution in [-0.4, -0.2) is 23.7 Å². The summed E-state index contributed by atoms with van der Waals surface area (Å²) in [5, 5.41) is 9.32. The quantitative estimate of drug-likeness (QED) is 0.209. The molecule has 0 aliphatic carbocycles. The molecule has 0 radical (unpaired) electrons. The van der Waals surface area contributed by atoms with Crippen molar-refractivity contribution in [3.05, 3.63) is 96.1 Å². The van der Waals surface area contributed by atoms with Gasteiger partial charge in [-0.3, -0.25) is 0 Å². The number of phenols is 1. The third kappa shape index (κ3) is 6.22. The van der Waals surface area contributed by atoms with Crippen LogP contribution in [-0.2, 0) is 0 Å². The average molecular weight is 432 g/mol. The second kappa shape index (κ2) is 10.8. The second-order valence-electron chi connectivity index (χ2n) is 7.06. The Morgan fingerprint density at radius 3 is 2.09 bits per heavy atom. The zero-order valence-electron chi connectivity index (χ0n) is 17.7. The number of carbonyl (C=O) groups is 2. The third-order valence-electron chi connectivity index (χ3n) is 4.57. The highest BCUT2D eigenvalue weighted by Crippen LogP contribution is 2.25. The van der Waals surface area contributed by atoms with Gasteiger partial charge in [-0.15, -0.1) is 6.58 Å². The van der Waals surface area contributed by atoms with Crippen molar-refractivity contribution < 1.29 is 28.9 Å². The summed E-state index contributed by atoms with van der Waals surface area (Å²) >= 11 is 0. The molecular weight excluding hydrogens is 408 g/mol. The summed E-state index contributed by atoms with van der Waals surface area (Å²) in [6.45, 7) is 6.00. The van der Waals surface area contributed by atoms with E-state index in [4.69, 9.17) is 14.2 Å². The predicted octanol–water partition coefficient (Wildman–Crippen LogP) is 5.48. The lowest BCUT2D eigenvalue weighted by Gasteiger charge is -2.10. The number of esters is 2. The van der Waals surface area contributed by atoms with Gasteiger partial charge in [0.05, 0.1) is 17.7 Å². The summed E-state index contributed by atoms with van der Waals surface area (Å²) < 4.78 is 16.4. The number of aryl methyl sites for hydroxylation is 1. The molecule has 3 aromatic rings. The molecule has 32 heavy (non-hydrogen) atoms. The first-order valence-electron chi connectivity index (χ1n) is 10.1. The molecule has 0 aliphatic rings. The van der Waals surface area contributed by atoms with Gasteiger partial charge >= 0.3 is 11.9 Å². The van der Waals surface area contributed by atoms with Crippen LogP contribution >= 0.6 is 0 Å². The summed E-state index contributed by atoms with van der Waals surface area (Å²) in [6.07, 6.45) is 3.61. The zero-order chi connectivity index (χ0) is 22.9. The summed E-state index contributed by atoms with van der Waals surface area (Å²) in [5.41, 5.74) is 1.33. The Labute approximate surface area is 186 Å². The lowest BCUT2D eigenvalue weighted by molar-refractivity contribution is 0.0718. The van der Waals surface area contributed by atoms with E-state index < -0.39 is 11.9 Å². The molecule has 0 aliphatic heterocycles. The number of allylic oxidation sites excluding steroid dienone is 1. The van der Waals surface area contributed by atoms with Crippen LogP contribution in [0.25, 0.3) is 0 Å². The molecule has 0 unspecified atom stereocenters. The maximum absolute atomic E-state index is 12.4. The number of hydrogen-bond acceptors (Lipinski definition) is 6. The van der Waals surface area contributed by atoms with E-state index in [1.807, 2.05) is 6.08 Å². The van der Waals surface area contributed by atoms with Crippen LogP contribution < -0.4 is 14.2 Å². The van der Waals surface area contributed by atoms with Gasteiger partial charge in [-0.05, 0) is 92.1 Å². The molecule has 0 atom stereocenters. The Morgan fingerprint density at radius 2 is 1.47 bits per heavy atom. The maximum Gasteiger partial charge on any atom is 0.343 e. The van der Waals surface area contributed by atoms with E-state index in [1.54, 1.807) is 49.4 Å². The molecular formula is C26H24O6. The average Bonchev–Trinajstić information content (AvgIpc) is 2.79. The largest absolute Gasteiger partial charge is 0.508 e. The van der Waals surface area contributed by atoms with Crippen molar-refractivity contribution >= 4 is 11.9 Å². The number of aromatic hydroxyl groups is 1. The Bertz CT molecular complexity index is 1080. The molecule has 0 aromatic heterocycles. The fourth-order valence-electron chi connectivity index (χ4n) is 2.83. The molecule has 1 N–H and O–H groups in total. The first-order valence-corrected chi connectivity index (χ1v) is 10.1. The van der Waals surface area contributed by atoms with Gasteiger partial charge in [-0.25, -0.2) is 9.59 Å². The minimum absolute atomic E-state index is 0.0644. The van der Waals surface area contributed by atoms with E-state index in [9.17, 15) is 14.7 Å². The Morgan fingerprint density at radius 1 is 0.875 bits per heavy atom. The lowest BCUT2D eigenvalue weighted by Crippen LogP contribution is -2.10. The Balaban J connectivity index is 1.58. The Kier molecular flexibility index (Phi) is 7.65. The van der Waals surface area contributed by atoms with E-state index >= 15 is 0 Å². The number of rotatable bonds is 9. The van der Waals surface area contributed by atoms with Gasteiger partial charge in [-0.2, -0.15) is 0 Å². The van der Waals surface area contributed by atoms with Gasteiger partial charge in [0.1, 0.15) is 23.0 Å². The van der Waals surface area contributed by atoms with Gasteiger partial charge in [0.15, 0.2) is 0 Å². The highest BCUT2D eigenvalue weighted by molar-refractivity contribution is 5.92. The van der Waals surface area contributed by atoms with Crippen molar-refractivity contribution in [1.82, 2.24) is 0 Å². The number of hydrogen-bond donors (Lipinski definition) is 1. The standard InChI is InChI=1S/C26H24O6/c1-3-4-5-16-30-22-12-8-20(9-13-22)25(28)31-23-14-15-24(18(2)17-23)32-26(29)19-6-10-21(27)11-7-19/h3,6-15,17,27H,1,4-5,16H2,2H3. The highest BCUT2D eigenvalue weighted by Gasteiger charge is 2.13. The first-order chi connectivity index (χ1) is 15.5. The van der Waals surface area contributed by atoms with Crippen molar-refractivity contribution in [3.63, 3.8) is 0 Å². The third-order valence-corrected chi connectivity index (χ3v) is 4.57. The van der Waals surface area contributed by atoms with E-state index in [1.165, 1.54) is 24.3 Å². The number of benzene rings is 3. The second-order valence-corrected chi connectivity index (χ2v) is 7.06. The van der Waals surface area contributed by atoms with Crippen molar-refractivity contribution in [1.29, 1.82) is 0 Å². The molecule has 0 amide bonds. The molecule has 0 saturated carbocycles. The first kappa shape index (κ1) is 22.6. The van der Waals surface area contributed by atoms with Gasteiger partial charge < -0.3 is 19.3 Å². The van der Waals surface area contributed by atoms with Crippen LogP contribution in [0.4, 0.5) is 0 Å². The van der Waals surface area contributed by atoms with Gasteiger partial charge in [-0.1, -0.05) is 6.08 Å². The number of ether oxygens (including phenoxy) is 3. The minimum atomic E-state index is -0.551. The van der Waals surface area contributed by atoms with Crippen LogP contribution in [0.3, 0.4) is 0 Å². The van der Waals surface area contributed by atoms with Gasteiger partial charge in [0.2, 0.25) is 0 Å². The van der Waals surface area contributed by atoms with Crippen LogP contribution in [0.15, 0.2) is 79.4 Å². The summed E-state index contributed by atoms with van der Waals surface area (Å²) in [4.78, 5) is 24.7. The summed E-state index contributed by atoms with van der Waals surface area (Å²) in [7, 11) is 0. The molecule has 0 spiro atoms. The number of phenolic OH excluding ortho intramolecular Hbond substituents is 1. The summed E-state index contributed by atoms with van der Waals surface area (Å²) in [5.74, 6) is 0.374. The topological polar surface area (TPSA) is 82.1 Å². The Hall–Kier alpha value is -4.06. The van der Waals surface area contributed by atoms with Crippen LogP contribution in [0.1, 0.15) is 39.1 Å². The molecule has 6 heteroatoms. The minimum Gasteiger partial charge on any atom is -0.508 e. The van der Waals surface area contributed by atoms with Crippen LogP contribution in [0.2, 0.25) is 0 Å². The van der Waals surface area contributed by atoms with E-state index in [0.717, 1.165) is 12.8 Å². The smallest absolute Gasteiger partial charge is 0.343 e. The van der Waals surface area contributed by atoms with Crippen LogP contribution in [0, 0.1) is 6.92 Å². The molecule has 0 bridgehead atoms. The highest BCUT2D eigenvalue weighted by atomic mass is 16.5. The van der Waals surface area contributed by atoms with Crippen molar-refractivity contribution in [3.8, 4) is 23.0 Å². The summed E-state index contributed by atoms with van der Waals surface area (Å²) in [6, 6.07) is 17.2. The molecule has 0 fully saturated rings. The molecule has 0 heterocycles. The van der Waals surface area contributed by atoms with E-state index in [0.29, 0.717) is 40.5 Å². The fourth-order valence-corrected chi connectivity index (χ4v) is 2.83. The fraction of sp³-hybridized carbons (Fsp3) is 0.154. The normalized spacial score (nSPS) is 10.3. The predicted molar refractivity (Wildman–Crippen MR) is 121 cm³/mol. The number of unbranched alkanes of at least 4 members (excludes halogenated alkanes) is 1. The van der Waals surface area contributed by atoms with E-state index in [2.05, 4.69) is 6.58 Å². The van der Waals surface area contributed by atoms with Crippen molar-refractivity contribution in [2.75, 3.05) is 6.61 Å². The molecule has 3 aromatic carbocycles.